The highest BCUT2D eigenvalue weighted by atomic mass is 16.4. The van der Waals surface area contributed by atoms with Gasteiger partial charge in [-0.15, -0.1) is 0 Å². The van der Waals surface area contributed by atoms with Crippen LogP contribution in [0.2, 0.25) is 0 Å². The van der Waals surface area contributed by atoms with Crippen molar-refractivity contribution in [3.05, 3.63) is 59.2 Å². The van der Waals surface area contributed by atoms with E-state index in [1.165, 1.54) is 22.2 Å². The van der Waals surface area contributed by atoms with Crippen LogP contribution in [0.1, 0.15) is 49.1 Å². The molecule has 1 atom stereocenters. The lowest BCUT2D eigenvalue weighted by Crippen LogP contribution is -2.35. The van der Waals surface area contributed by atoms with Crippen molar-refractivity contribution in [2.45, 2.75) is 45.9 Å². The number of aliphatic hydroxyl groups is 1. The fraction of sp³-hybridized carbons (Fsp3) is 0.429. The number of rotatable bonds is 5. The number of benzene rings is 1. The molecular formula is C21H26N2O2. The Balaban J connectivity index is 1.68. The Morgan fingerprint density at radius 3 is 2.76 bits per heavy atom. The van der Waals surface area contributed by atoms with Gasteiger partial charge in [-0.05, 0) is 42.5 Å². The molecule has 25 heavy (non-hydrogen) atoms. The summed E-state index contributed by atoms with van der Waals surface area (Å²) in [5, 5.41) is 10.6. The van der Waals surface area contributed by atoms with Gasteiger partial charge in [0.1, 0.15) is 18.1 Å². The lowest BCUT2D eigenvalue weighted by molar-refractivity contribution is 0.138. The molecule has 0 spiro atoms. The van der Waals surface area contributed by atoms with Gasteiger partial charge in [0.05, 0.1) is 12.6 Å². The lowest BCUT2D eigenvalue weighted by Gasteiger charge is -2.36. The summed E-state index contributed by atoms with van der Waals surface area (Å²) in [5.41, 5.74) is 4.09. The average molecular weight is 338 g/mol. The molecule has 0 saturated carbocycles. The molecule has 2 N–H and O–H groups in total. The maximum atomic E-state index is 9.23. The van der Waals surface area contributed by atoms with Gasteiger partial charge in [0.15, 0.2) is 0 Å². The van der Waals surface area contributed by atoms with Crippen molar-refractivity contribution in [1.29, 1.82) is 0 Å². The molecule has 4 nitrogen and oxygen atoms in total. The van der Waals surface area contributed by atoms with Gasteiger partial charge in [0.2, 0.25) is 0 Å². The van der Waals surface area contributed by atoms with Crippen LogP contribution >= 0.6 is 0 Å². The second-order valence-electron chi connectivity index (χ2n) is 7.45. The summed E-state index contributed by atoms with van der Waals surface area (Å²) in [5.74, 6) is 2.19. The predicted molar refractivity (Wildman–Crippen MR) is 99.2 cm³/mol. The molecule has 0 amide bonds. The highest BCUT2D eigenvalue weighted by molar-refractivity contribution is 5.85. The summed E-state index contributed by atoms with van der Waals surface area (Å²) in [6.07, 6.45) is 2.18. The first-order valence-corrected chi connectivity index (χ1v) is 9.17. The van der Waals surface area contributed by atoms with E-state index >= 15 is 0 Å². The molecule has 3 heterocycles. The van der Waals surface area contributed by atoms with Gasteiger partial charge >= 0.3 is 0 Å². The first-order chi connectivity index (χ1) is 12.2. The smallest absolute Gasteiger partial charge is 0.129 e. The van der Waals surface area contributed by atoms with Gasteiger partial charge in [-0.1, -0.05) is 32.0 Å². The second kappa shape index (κ2) is 6.70. The van der Waals surface area contributed by atoms with Crippen LogP contribution in [0.4, 0.5) is 0 Å². The summed E-state index contributed by atoms with van der Waals surface area (Å²) < 4.78 is 5.73. The van der Waals surface area contributed by atoms with Gasteiger partial charge in [0.25, 0.3) is 0 Å². The molecule has 1 unspecified atom stereocenters. The van der Waals surface area contributed by atoms with Gasteiger partial charge in [0, 0.05) is 23.1 Å². The van der Waals surface area contributed by atoms with Crippen molar-refractivity contribution in [3.63, 3.8) is 0 Å². The van der Waals surface area contributed by atoms with Crippen LogP contribution in [-0.4, -0.2) is 21.5 Å². The Morgan fingerprint density at radius 1 is 1.20 bits per heavy atom. The number of furan rings is 1. The number of aliphatic hydroxyl groups excluding tert-OH is 1. The number of nitrogens with zero attached hydrogens (tertiary/aromatic N) is 1. The van der Waals surface area contributed by atoms with Gasteiger partial charge in [-0.25, -0.2) is 0 Å². The second-order valence-corrected chi connectivity index (χ2v) is 7.45. The topological polar surface area (TPSA) is 52.4 Å². The van der Waals surface area contributed by atoms with E-state index in [0.717, 1.165) is 31.7 Å². The lowest BCUT2D eigenvalue weighted by atomic mass is 9.91. The molecule has 1 aliphatic rings. The van der Waals surface area contributed by atoms with Gasteiger partial charge < -0.3 is 14.5 Å². The van der Waals surface area contributed by atoms with E-state index in [2.05, 4.69) is 48.0 Å². The largest absolute Gasteiger partial charge is 0.462 e. The number of H-pyrrole nitrogens is 1. The monoisotopic (exact) mass is 338 g/mol. The molecule has 0 saturated heterocycles. The minimum atomic E-state index is -0.0401. The Labute approximate surface area is 148 Å². The van der Waals surface area contributed by atoms with Crippen molar-refractivity contribution in [2.24, 2.45) is 5.92 Å². The van der Waals surface area contributed by atoms with Crippen molar-refractivity contribution in [3.8, 4) is 0 Å². The van der Waals surface area contributed by atoms with Crippen LogP contribution in [-0.2, 0) is 19.6 Å². The minimum Gasteiger partial charge on any atom is -0.462 e. The molecular weight excluding hydrogens is 312 g/mol. The summed E-state index contributed by atoms with van der Waals surface area (Å²) in [7, 11) is 0. The van der Waals surface area contributed by atoms with E-state index in [0.29, 0.717) is 17.7 Å². The van der Waals surface area contributed by atoms with E-state index in [4.69, 9.17) is 4.42 Å². The fourth-order valence-electron chi connectivity index (χ4n) is 4.06. The molecule has 0 radical (unpaired) electrons. The molecule has 3 aromatic rings. The summed E-state index contributed by atoms with van der Waals surface area (Å²) in [6, 6.07) is 12.8. The maximum absolute atomic E-state index is 9.23. The normalized spacial score (nSPS) is 18.2. The van der Waals surface area contributed by atoms with Crippen LogP contribution in [0.3, 0.4) is 0 Å². The standard InChI is InChI=1S/C21H26N2O2/c1-14(2)11-20-21-18(17-5-3-4-6-19(17)22-21)9-10-23(20)12-15-7-8-16(13-24)25-15/h3-8,14,20,22,24H,9-13H2,1-2H3. The molecule has 2 aromatic heterocycles. The maximum Gasteiger partial charge on any atom is 0.129 e. The number of aromatic nitrogens is 1. The van der Waals surface area contributed by atoms with Crippen molar-refractivity contribution < 1.29 is 9.52 Å². The van der Waals surface area contributed by atoms with E-state index in [1.54, 1.807) is 0 Å². The molecule has 0 fully saturated rings. The van der Waals surface area contributed by atoms with Crippen LogP contribution < -0.4 is 0 Å². The third kappa shape index (κ3) is 3.12. The highest BCUT2D eigenvalue weighted by Gasteiger charge is 2.31. The summed E-state index contributed by atoms with van der Waals surface area (Å²) in [6.45, 7) is 6.34. The highest BCUT2D eigenvalue weighted by Crippen LogP contribution is 2.38. The third-order valence-electron chi connectivity index (χ3n) is 5.20. The molecule has 4 heteroatoms. The molecule has 1 aromatic carbocycles. The summed E-state index contributed by atoms with van der Waals surface area (Å²) >= 11 is 0. The number of fused-ring (bicyclic) bond motifs is 3. The van der Waals surface area contributed by atoms with Gasteiger partial charge in [-0.3, -0.25) is 4.90 Å². The van der Waals surface area contributed by atoms with E-state index in [-0.39, 0.29) is 6.61 Å². The van der Waals surface area contributed by atoms with E-state index < -0.39 is 0 Å². The number of para-hydroxylation sites is 1. The Bertz CT molecular complexity index is 862. The van der Waals surface area contributed by atoms with Crippen molar-refractivity contribution in [2.75, 3.05) is 6.54 Å². The van der Waals surface area contributed by atoms with E-state index in [9.17, 15) is 5.11 Å². The Hall–Kier alpha value is -2.04. The predicted octanol–water partition coefficient (Wildman–Crippen LogP) is 4.40. The fourth-order valence-corrected chi connectivity index (χ4v) is 4.06. The number of nitrogens with one attached hydrogen (secondary N) is 1. The number of hydrogen-bond acceptors (Lipinski definition) is 3. The SMILES string of the molecule is CC(C)CC1c2[nH]c3ccccc3c2CCN1Cc1ccc(CO)o1. The number of aromatic amines is 1. The number of hydrogen-bond donors (Lipinski definition) is 2. The van der Waals surface area contributed by atoms with Crippen molar-refractivity contribution in [1.82, 2.24) is 9.88 Å². The quantitative estimate of drug-likeness (QED) is 0.725. The van der Waals surface area contributed by atoms with Crippen molar-refractivity contribution >= 4 is 10.9 Å². The molecule has 0 bridgehead atoms. The van der Waals surface area contributed by atoms with Crippen LogP contribution in [0, 0.1) is 5.92 Å². The molecule has 0 aliphatic carbocycles. The molecule has 1 aliphatic heterocycles. The summed E-state index contributed by atoms with van der Waals surface area (Å²) in [4.78, 5) is 6.20. The first kappa shape index (κ1) is 16.4. The average Bonchev–Trinajstić information content (AvgIpc) is 3.21. The van der Waals surface area contributed by atoms with E-state index in [1.807, 2.05) is 12.1 Å². The van der Waals surface area contributed by atoms with Crippen LogP contribution in [0.5, 0.6) is 0 Å². The Kier molecular flexibility index (Phi) is 4.40. The Morgan fingerprint density at radius 2 is 2.00 bits per heavy atom. The molecule has 4 rings (SSSR count). The van der Waals surface area contributed by atoms with Gasteiger partial charge in [-0.2, -0.15) is 0 Å². The zero-order chi connectivity index (χ0) is 17.4. The van der Waals surface area contributed by atoms with Crippen LogP contribution in [0.15, 0.2) is 40.8 Å². The first-order valence-electron chi connectivity index (χ1n) is 9.17. The van der Waals surface area contributed by atoms with Crippen LogP contribution in [0.25, 0.3) is 10.9 Å². The molecule has 132 valence electrons. The third-order valence-corrected chi connectivity index (χ3v) is 5.20. The zero-order valence-electron chi connectivity index (χ0n) is 15.0. The zero-order valence-corrected chi connectivity index (χ0v) is 15.0. The minimum absolute atomic E-state index is 0.0401.